The molecule has 4 nitrogen and oxygen atoms in total. The van der Waals surface area contributed by atoms with Crippen LogP contribution in [0.4, 0.5) is 5.95 Å². The minimum absolute atomic E-state index is 0.468. The van der Waals surface area contributed by atoms with E-state index < -0.39 is 0 Å². The van der Waals surface area contributed by atoms with E-state index in [0.29, 0.717) is 10.5 Å². The van der Waals surface area contributed by atoms with Gasteiger partial charge < -0.3 is 5.32 Å². The molecule has 2 heterocycles. The summed E-state index contributed by atoms with van der Waals surface area (Å²) in [4.78, 5) is 4.50. The highest BCUT2D eigenvalue weighted by molar-refractivity contribution is 6.30. The van der Waals surface area contributed by atoms with Crippen molar-refractivity contribution in [2.75, 3.05) is 11.9 Å². The van der Waals surface area contributed by atoms with Crippen LogP contribution in [0.25, 0.3) is 11.3 Å². The summed E-state index contributed by atoms with van der Waals surface area (Å²) < 4.78 is 1.86. The first-order valence-electron chi connectivity index (χ1n) is 5.40. The molecule has 2 N–H and O–H groups in total. The summed E-state index contributed by atoms with van der Waals surface area (Å²) in [6, 6.07) is 9.28. The van der Waals surface area contributed by atoms with Crippen molar-refractivity contribution >= 4 is 17.5 Å². The molecular formula is C12H11ClN4. The Kier molecular flexibility index (Phi) is 2.37. The van der Waals surface area contributed by atoms with Gasteiger partial charge in [-0.25, -0.2) is 4.98 Å². The fourth-order valence-electron chi connectivity index (χ4n) is 1.96. The number of nitrogens with one attached hydrogen (secondary N) is 2. The third kappa shape index (κ3) is 1.80. The Morgan fingerprint density at radius 3 is 3.06 bits per heavy atom. The molecule has 0 unspecified atom stereocenters. The lowest BCUT2D eigenvalue weighted by atomic mass is 10.1. The Morgan fingerprint density at radius 2 is 2.24 bits per heavy atom. The van der Waals surface area contributed by atoms with E-state index in [9.17, 15) is 0 Å². The fraction of sp³-hybridized carbons (Fsp3) is 0.167. The summed E-state index contributed by atoms with van der Waals surface area (Å²) in [7, 11) is 0. The zero-order chi connectivity index (χ0) is 11.8. The van der Waals surface area contributed by atoms with E-state index in [1.54, 1.807) is 6.07 Å². The maximum Gasteiger partial charge on any atom is 0.205 e. The summed E-state index contributed by atoms with van der Waals surface area (Å²) >= 11 is 5.96. The van der Waals surface area contributed by atoms with Crippen molar-refractivity contribution in [3.8, 4) is 11.3 Å². The van der Waals surface area contributed by atoms with Gasteiger partial charge in [-0.1, -0.05) is 23.7 Å². The number of rotatable bonds is 1. The Bertz CT molecular complexity index is 633. The Morgan fingerprint density at radius 1 is 1.35 bits per heavy atom. The van der Waals surface area contributed by atoms with Crippen molar-refractivity contribution in [2.24, 2.45) is 0 Å². The average molecular weight is 247 g/mol. The highest BCUT2D eigenvalue weighted by Gasteiger charge is 2.12. The van der Waals surface area contributed by atoms with Crippen LogP contribution >= 0.6 is 11.6 Å². The molecule has 17 heavy (non-hydrogen) atoms. The molecule has 0 spiro atoms. The monoisotopic (exact) mass is 246 g/mol. The second-order valence-corrected chi connectivity index (χ2v) is 4.38. The fourth-order valence-corrected chi connectivity index (χ4v) is 2.16. The summed E-state index contributed by atoms with van der Waals surface area (Å²) in [5.74, 6) is 0.757. The largest absolute Gasteiger partial charge is 0.354 e. The van der Waals surface area contributed by atoms with Crippen molar-refractivity contribution in [2.45, 2.75) is 6.54 Å². The highest BCUT2D eigenvalue weighted by Crippen LogP contribution is 2.21. The molecule has 86 valence electrons. The van der Waals surface area contributed by atoms with Crippen LogP contribution in [0.1, 0.15) is 0 Å². The molecule has 5 heteroatoms. The Hall–Kier alpha value is -1.81. The second-order valence-electron chi connectivity index (χ2n) is 3.94. The molecule has 2 aromatic rings. The number of benzene rings is 1. The standard InChI is InChI=1S/C12H11ClN4/c13-9-3-1-2-8(6-9)10-7-11(14)17-5-4-15-12(17)16-10/h1-3,6-7,14H,4-5H2,(H,15,16). The molecule has 0 radical (unpaired) electrons. The van der Waals surface area contributed by atoms with Crippen LogP contribution in [0.5, 0.6) is 0 Å². The minimum atomic E-state index is 0.468. The van der Waals surface area contributed by atoms with Crippen molar-refractivity contribution in [1.29, 1.82) is 5.41 Å². The number of halogens is 1. The number of hydrogen-bond acceptors (Lipinski definition) is 3. The molecule has 0 saturated carbocycles. The molecule has 0 atom stereocenters. The predicted molar refractivity (Wildman–Crippen MR) is 67.0 cm³/mol. The molecule has 0 amide bonds. The third-order valence-electron chi connectivity index (χ3n) is 2.79. The van der Waals surface area contributed by atoms with E-state index in [1.165, 1.54) is 0 Å². The SMILES string of the molecule is N=c1cc(-c2cccc(Cl)c2)nc2n1CCN2. The summed E-state index contributed by atoms with van der Waals surface area (Å²) in [6.45, 7) is 1.63. The van der Waals surface area contributed by atoms with Crippen LogP contribution in [0.15, 0.2) is 30.3 Å². The Labute approximate surface area is 103 Å². The molecule has 1 aliphatic heterocycles. The van der Waals surface area contributed by atoms with Gasteiger partial charge in [0.05, 0.1) is 5.69 Å². The zero-order valence-corrected chi connectivity index (χ0v) is 9.83. The van der Waals surface area contributed by atoms with Gasteiger partial charge in [0.15, 0.2) is 0 Å². The van der Waals surface area contributed by atoms with Crippen molar-refractivity contribution in [3.63, 3.8) is 0 Å². The number of anilines is 1. The van der Waals surface area contributed by atoms with Gasteiger partial charge in [-0.15, -0.1) is 0 Å². The summed E-state index contributed by atoms with van der Waals surface area (Å²) in [5, 5.41) is 11.8. The molecule has 0 saturated heterocycles. The normalized spacial score (nSPS) is 13.2. The highest BCUT2D eigenvalue weighted by atomic mass is 35.5. The molecule has 1 aliphatic rings. The maximum absolute atomic E-state index is 7.95. The zero-order valence-electron chi connectivity index (χ0n) is 9.07. The van der Waals surface area contributed by atoms with Gasteiger partial charge in [0.1, 0.15) is 5.49 Å². The van der Waals surface area contributed by atoms with E-state index in [0.717, 1.165) is 30.3 Å². The van der Waals surface area contributed by atoms with Crippen LogP contribution < -0.4 is 10.8 Å². The van der Waals surface area contributed by atoms with E-state index in [-0.39, 0.29) is 0 Å². The molecule has 0 aliphatic carbocycles. The smallest absolute Gasteiger partial charge is 0.205 e. The van der Waals surface area contributed by atoms with Crippen molar-refractivity contribution < 1.29 is 0 Å². The van der Waals surface area contributed by atoms with Crippen molar-refractivity contribution in [1.82, 2.24) is 9.55 Å². The van der Waals surface area contributed by atoms with Gasteiger partial charge in [0.2, 0.25) is 5.95 Å². The van der Waals surface area contributed by atoms with Crippen LogP contribution in [0, 0.1) is 5.41 Å². The minimum Gasteiger partial charge on any atom is -0.354 e. The van der Waals surface area contributed by atoms with Crippen LogP contribution in [-0.2, 0) is 6.54 Å². The molecule has 3 rings (SSSR count). The number of nitrogens with zero attached hydrogens (tertiary/aromatic N) is 2. The van der Waals surface area contributed by atoms with Gasteiger partial charge in [0.25, 0.3) is 0 Å². The van der Waals surface area contributed by atoms with E-state index in [4.69, 9.17) is 17.0 Å². The first-order valence-corrected chi connectivity index (χ1v) is 5.78. The number of hydrogen-bond donors (Lipinski definition) is 2. The van der Waals surface area contributed by atoms with Gasteiger partial charge in [-0.05, 0) is 12.1 Å². The van der Waals surface area contributed by atoms with E-state index in [2.05, 4.69) is 10.3 Å². The Balaban J connectivity index is 2.16. The first kappa shape index (κ1) is 10.4. The van der Waals surface area contributed by atoms with Gasteiger partial charge >= 0.3 is 0 Å². The molecule has 1 aromatic heterocycles. The third-order valence-corrected chi connectivity index (χ3v) is 3.02. The molecule has 0 bridgehead atoms. The maximum atomic E-state index is 7.95. The van der Waals surface area contributed by atoms with Crippen LogP contribution in [0.2, 0.25) is 5.02 Å². The lowest BCUT2D eigenvalue weighted by molar-refractivity contribution is 0.735. The predicted octanol–water partition coefficient (Wildman–Crippen LogP) is 2.11. The summed E-state index contributed by atoms with van der Waals surface area (Å²) in [6.07, 6.45) is 0. The molecule has 1 aromatic carbocycles. The van der Waals surface area contributed by atoms with E-state index >= 15 is 0 Å². The van der Waals surface area contributed by atoms with Gasteiger partial charge in [0, 0.05) is 29.7 Å². The lowest BCUT2D eigenvalue weighted by Crippen LogP contribution is -2.18. The number of fused-ring (bicyclic) bond motifs is 1. The lowest BCUT2D eigenvalue weighted by Gasteiger charge is -2.06. The topological polar surface area (TPSA) is 53.7 Å². The number of aromatic nitrogens is 2. The van der Waals surface area contributed by atoms with Crippen LogP contribution in [0.3, 0.4) is 0 Å². The van der Waals surface area contributed by atoms with E-state index in [1.807, 2.05) is 28.8 Å². The first-order chi connectivity index (χ1) is 8.24. The second kappa shape index (κ2) is 3.89. The quantitative estimate of drug-likeness (QED) is 0.810. The van der Waals surface area contributed by atoms with Crippen LogP contribution in [-0.4, -0.2) is 16.1 Å². The van der Waals surface area contributed by atoms with Gasteiger partial charge in [-0.3, -0.25) is 9.98 Å². The van der Waals surface area contributed by atoms with Crippen molar-refractivity contribution in [3.05, 3.63) is 40.8 Å². The molecular weight excluding hydrogens is 236 g/mol. The van der Waals surface area contributed by atoms with Gasteiger partial charge in [-0.2, -0.15) is 0 Å². The molecule has 0 fully saturated rings. The summed E-state index contributed by atoms with van der Waals surface area (Å²) in [5.41, 5.74) is 2.18. The average Bonchev–Trinajstić information content (AvgIpc) is 2.77.